The molecule has 1 N–H and O–H groups in total. The number of rotatable bonds is 8. The van der Waals surface area contributed by atoms with Crippen LogP contribution < -0.4 is 10.1 Å². The highest BCUT2D eigenvalue weighted by Gasteiger charge is 2.08. The predicted octanol–water partition coefficient (Wildman–Crippen LogP) is 2.22. The number of nitro groups is 1. The number of halogens is 2. The van der Waals surface area contributed by atoms with Gasteiger partial charge in [0.1, 0.15) is 18.1 Å². The Hall–Kier alpha value is -3.30. The number of ether oxygens (including phenoxy) is 1. The number of carbonyl (C=O) groups is 1. The van der Waals surface area contributed by atoms with Crippen molar-refractivity contribution in [2.45, 2.75) is 13.2 Å². The normalized spacial score (nSPS) is 11.0. The van der Waals surface area contributed by atoms with Gasteiger partial charge in [0.15, 0.2) is 0 Å². The average Bonchev–Trinajstić information content (AvgIpc) is 3.03. The lowest BCUT2D eigenvalue weighted by Crippen LogP contribution is -2.25. The molecule has 0 aliphatic rings. The summed E-state index contributed by atoms with van der Waals surface area (Å²) in [5, 5.41) is 16.9. The Morgan fingerprint density at radius 1 is 1.40 bits per heavy atom. The fourth-order valence-corrected chi connectivity index (χ4v) is 1.85. The molecule has 8 nitrogen and oxygen atoms in total. The van der Waals surface area contributed by atoms with Crippen LogP contribution in [0.15, 0.2) is 42.7 Å². The molecule has 2 aromatic rings. The first-order chi connectivity index (χ1) is 11.9. The number of amides is 1. The molecule has 0 fully saturated rings. The van der Waals surface area contributed by atoms with Crippen LogP contribution in [0.1, 0.15) is 5.56 Å². The van der Waals surface area contributed by atoms with E-state index >= 15 is 0 Å². The van der Waals surface area contributed by atoms with E-state index in [2.05, 4.69) is 15.2 Å². The van der Waals surface area contributed by atoms with Crippen molar-refractivity contribution in [2.75, 3.05) is 6.54 Å². The third kappa shape index (κ3) is 6.01. The van der Waals surface area contributed by atoms with Crippen LogP contribution in [0.5, 0.6) is 5.75 Å². The van der Waals surface area contributed by atoms with E-state index in [1.807, 2.05) is 0 Å². The number of nitrogens with zero attached hydrogens (tertiary/aromatic N) is 3. The smallest absolute Gasteiger partial charge is 0.387 e. The van der Waals surface area contributed by atoms with E-state index in [0.717, 1.165) is 6.20 Å². The largest absolute Gasteiger partial charge is 0.435 e. The summed E-state index contributed by atoms with van der Waals surface area (Å²) < 4.78 is 29.6. The van der Waals surface area contributed by atoms with Crippen LogP contribution in [-0.2, 0) is 11.3 Å². The van der Waals surface area contributed by atoms with Crippen LogP contribution in [0.3, 0.4) is 0 Å². The van der Waals surface area contributed by atoms with Gasteiger partial charge in [-0.05, 0) is 23.8 Å². The molecule has 1 aromatic carbocycles. The summed E-state index contributed by atoms with van der Waals surface area (Å²) in [6.45, 7) is -2.36. The van der Waals surface area contributed by atoms with Crippen molar-refractivity contribution in [2.24, 2.45) is 0 Å². The van der Waals surface area contributed by atoms with Crippen LogP contribution in [0, 0.1) is 10.1 Å². The molecule has 0 atom stereocenters. The molecule has 1 amide bonds. The maximum atomic E-state index is 12.0. The van der Waals surface area contributed by atoms with E-state index in [4.69, 9.17) is 0 Å². The monoisotopic (exact) mass is 352 g/mol. The lowest BCUT2D eigenvalue weighted by molar-refractivity contribution is -0.385. The van der Waals surface area contributed by atoms with Gasteiger partial charge in [0.2, 0.25) is 5.91 Å². The van der Waals surface area contributed by atoms with Crippen LogP contribution >= 0.6 is 0 Å². The fraction of sp³-hybridized carbons (Fsp3) is 0.200. The molecule has 25 heavy (non-hydrogen) atoms. The highest BCUT2D eigenvalue weighted by atomic mass is 19.3. The van der Waals surface area contributed by atoms with Gasteiger partial charge >= 0.3 is 12.3 Å². The molecule has 1 aromatic heterocycles. The van der Waals surface area contributed by atoms with Crippen LogP contribution in [-0.4, -0.2) is 33.8 Å². The molecule has 0 aliphatic heterocycles. The van der Waals surface area contributed by atoms with Crippen LogP contribution in [0.25, 0.3) is 6.08 Å². The minimum atomic E-state index is -2.89. The number of nitrogens with one attached hydrogen (secondary N) is 1. The zero-order valence-electron chi connectivity index (χ0n) is 12.8. The SMILES string of the molecule is O=C(/C=C\c1ccc(OC(F)F)cc1)NCCn1cc([N+](=O)[O-])cn1. The Labute approximate surface area is 140 Å². The molecule has 0 saturated heterocycles. The van der Waals surface area contributed by atoms with Gasteiger partial charge < -0.3 is 10.1 Å². The number of aromatic nitrogens is 2. The summed E-state index contributed by atoms with van der Waals surface area (Å²) in [6, 6.07) is 5.80. The fourth-order valence-electron chi connectivity index (χ4n) is 1.85. The number of benzene rings is 1. The number of hydrogen-bond donors (Lipinski definition) is 1. The molecule has 1 heterocycles. The van der Waals surface area contributed by atoms with Crippen LogP contribution in [0.4, 0.5) is 14.5 Å². The van der Waals surface area contributed by atoms with Crippen molar-refractivity contribution in [3.8, 4) is 5.75 Å². The van der Waals surface area contributed by atoms with Crippen molar-refractivity contribution in [3.63, 3.8) is 0 Å². The molecule has 10 heteroatoms. The van der Waals surface area contributed by atoms with Gasteiger partial charge in [-0.3, -0.25) is 19.6 Å². The average molecular weight is 352 g/mol. The maximum Gasteiger partial charge on any atom is 0.387 e. The third-order valence-electron chi connectivity index (χ3n) is 3.00. The summed E-state index contributed by atoms with van der Waals surface area (Å²) in [5.41, 5.74) is 0.518. The molecule has 0 spiro atoms. The quantitative estimate of drug-likeness (QED) is 0.446. The van der Waals surface area contributed by atoms with Gasteiger partial charge in [-0.25, -0.2) is 0 Å². The van der Waals surface area contributed by atoms with Crippen molar-refractivity contribution in [1.82, 2.24) is 15.1 Å². The Kier molecular flexibility index (Phi) is 6.15. The van der Waals surface area contributed by atoms with Gasteiger partial charge in [0, 0.05) is 12.6 Å². The number of hydrogen-bond acceptors (Lipinski definition) is 5. The molecule has 0 radical (unpaired) electrons. The van der Waals surface area contributed by atoms with E-state index in [1.165, 1.54) is 47.3 Å². The molecule has 0 unspecified atom stereocenters. The molecular formula is C15H14F2N4O4. The van der Waals surface area contributed by atoms with E-state index in [-0.39, 0.29) is 30.4 Å². The topological polar surface area (TPSA) is 99.3 Å². The molecule has 0 saturated carbocycles. The van der Waals surface area contributed by atoms with E-state index < -0.39 is 11.5 Å². The summed E-state index contributed by atoms with van der Waals surface area (Å²) in [6.07, 6.45) is 5.20. The molecule has 132 valence electrons. The Bertz CT molecular complexity index is 759. The first kappa shape index (κ1) is 18.0. The van der Waals surface area contributed by atoms with Gasteiger partial charge in [-0.1, -0.05) is 12.1 Å². The Morgan fingerprint density at radius 2 is 2.12 bits per heavy atom. The third-order valence-corrected chi connectivity index (χ3v) is 3.00. The molecule has 0 bridgehead atoms. The van der Waals surface area contributed by atoms with Crippen molar-refractivity contribution < 1.29 is 23.2 Å². The highest BCUT2D eigenvalue weighted by Crippen LogP contribution is 2.15. The maximum absolute atomic E-state index is 12.0. The standard InChI is InChI=1S/C15H14F2N4O4/c16-15(17)25-13-4-1-11(2-5-13)3-6-14(22)18-7-8-20-10-12(9-19-20)21(23)24/h1-6,9-10,15H,7-8H2,(H,18,22)/b6-3-. The lowest BCUT2D eigenvalue weighted by atomic mass is 10.2. The second-order valence-corrected chi connectivity index (χ2v) is 4.79. The first-order valence-corrected chi connectivity index (χ1v) is 7.11. The Morgan fingerprint density at radius 3 is 2.72 bits per heavy atom. The lowest BCUT2D eigenvalue weighted by Gasteiger charge is -2.04. The van der Waals surface area contributed by atoms with Crippen molar-refractivity contribution in [3.05, 3.63) is 58.4 Å². The van der Waals surface area contributed by atoms with Gasteiger partial charge in [0.25, 0.3) is 0 Å². The van der Waals surface area contributed by atoms with Crippen molar-refractivity contribution >= 4 is 17.7 Å². The van der Waals surface area contributed by atoms with E-state index in [0.29, 0.717) is 5.56 Å². The second-order valence-electron chi connectivity index (χ2n) is 4.79. The van der Waals surface area contributed by atoms with E-state index in [1.54, 1.807) is 0 Å². The summed E-state index contributed by atoms with van der Waals surface area (Å²) in [4.78, 5) is 21.6. The van der Waals surface area contributed by atoms with Crippen molar-refractivity contribution in [1.29, 1.82) is 0 Å². The molecule has 2 rings (SSSR count). The second kappa shape index (κ2) is 8.52. The summed E-state index contributed by atoms with van der Waals surface area (Å²) in [5.74, 6) is -0.334. The summed E-state index contributed by atoms with van der Waals surface area (Å²) in [7, 11) is 0. The number of carbonyl (C=O) groups excluding carboxylic acids is 1. The predicted molar refractivity (Wildman–Crippen MR) is 84.0 cm³/mol. The highest BCUT2D eigenvalue weighted by molar-refractivity contribution is 5.91. The molecular weight excluding hydrogens is 338 g/mol. The van der Waals surface area contributed by atoms with Gasteiger partial charge in [-0.15, -0.1) is 0 Å². The minimum Gasteiger partial charge on any atom is -0.435 e. The number of alkyl halides is 2. The van der Waals surface area contributed by atoms with E-state index in [9.17, 15) is 23.7 Å². The van der Waals surface area contributed by atoms with Crippen LogP contribution in [0.2, 0.25) is 0 Å². The minimum absolute atomic E-state index is 0.0323. The zero-order chi connectivity index (χ0) is 18.2. The van der Waals surface area contributed by atoms with Gasteiger partial charge in [-0.2, -0.15) is 13.9 Å². The zero-order valence-corrected chi connectivity index (χ0v) is 12.8. The summed E-state index contributed by atoms with van der Waals surface area (Å²) >= 11 is 0. The van der Waals surface area contributed by atoms with Gasteiger partial charge in [0.05, 0.1) is 11.5 Å². The molecule has 0 aliphatic carbocycles. The first-order valence-electron chi connectivity index (χ1n) is 7.11. The Balaban J connectivity index is 1.77.